The summed E-state index contributed by atoms with van der Waals surface area (Å²) in [6.07, 6.45) is 1.34. The standard InChI is InChI=1S/C13H11NO4/c1-9(15)17-8-10-4-2-3-5-11(10)13(16)12-6-7-18-14-12/h2-7H,8H2,1H3. The molecule has 0 fully saturated rings. The zero-order valence-electron chi connectivity index (χ0n) is 9.75. The van der Waals surface area contributed by atoms with Crippen LogP contribution in [0.1, 0.15) is 28.5 Å². The van der Waals surface area contributed by atoms with Crippen LogP contribution in [0.3, 0.4) is 0 Å². The molecule has 0 aliphatic heterocycles. The van der Waals surface area contributed by atoms with Crippen molar-refractivity contribution >= 4 is 11.8 Å². The number of hydrogen-bond acceptors (Lipinski definition) is 5. The summed E-state index contributed by atoms with van der Waals surface area (Å²) in [4.78, 5) is 22.9. The molecule has 0 atom stereocenters. The number of benzene rings is 1. The molecule has 5 heteroatoms. The molecule has 92 valence electrons. The van der Waals surface area contributed by atoms with Gasteiger partial charge in [0.15, 0.2) is 5.69 Å². The molecule has 2 rings (SSSR count). The Balaban J connectivity index is 2.27. The van der Waals surface area contributed by atoms with Gasteiger partial charge >= 0.3 is 5.97 Å². The Morgan fingerprint density at radius 3 is 2.72 bits per heavy atom. The normalized spacial score (nSPS) is 10.1. The molecule has 0 amide bonds. The first-order chi connectivity index (χ1) is 8.68. The summed E-state index contributed by atoms with van der Waals surface area (Å²) in [5.41, 5.74) is 1.32. The Hall–Kier alpha value is -2.43. The van der Waals surface area contributed by atoms with Crippen molar-refractivity contribution in [3.8, 4) is 0 Å². The van der Waals surface area contributed by atoms with Crippen molar-refractivity contribution in [1.29, 1.82) is 0 Å². The van der Waals surface area contributed by atoms with Gasteiger partial charge in [0.1, 0.15) is 12.9 Å². The molecule has 0 N–H and O–H groups in total. The second-order valence-electron chi connectivity index (χ2n) is 3.65. The maximum Gasteiger partial charge on any atom is 0.302 e. The zero-order valence-corrected chi connectivity index (χ0v) is 9.75. The predicted molar refractivity (Wildman–Crippen MR) is 61.8 cm³/mol. The zero-order chi connectivity index (χ0) is 13.0. The molecular formula is C13H11NO4. The smallest absolute Gasteiger partial charge is 0.302 e. The second-order valence-corrected chi connectivity index (χ2v) is 3.65. The van der Waals surface area contributed by atoms with Gasteiger partial charge in [0.2, 0.25) is 5.78 Å². The number of hydrogen-bond donors (Lipinski definition) is 0. The average molecular weight is 245 g/mol. The minimum absolute atomic E-state index is 0.0646. The van der Waals surface area contributed by atoms with Gasteiger partial charge in [-0.3, -0.25) is 9.59 Å². The molecule has 0 bridgehead atoms. The molecule has 0 saturated carbocycles. The van der Waals surface area contributed by atoms with E-state index < -0.39 is 5.97 Å². The molecule has 0 radical (unpaired) electrons. The third kappa shape index (κ3) is 2.63. The lowest BCUT2D eigenvalue weighted by atomic mass is 10.0. The highest BCUT2D eigenvalue weighted by molar-refractivity contribution is 6.08. The summed E-state index contributed by atoms with van der Waals surface area (Å²) in [7, 11) is 0. The van der Waals surface area contributed by atoms with Crippen molar-refractivity contribution in [1.82, 2.24) is 5.16 Å². The maximum atomic E-state index is 12.1. The fourth-order valence-electron chi connectivity index (χ4n) is 1.51. The fraction of sp³-hybridized carbons (Fsp3) is 0.154. The van der Waals surface area contributed by atoms with Gasteiger partial charge in [0.05, 0.1) is 0 Å². The van der Waals surface area contributed by atoms with Gasteiger partial charge in [-0.15, -0.1) is 0 Å². The lowest BCUT2D eigenvalue weighted by Gasteiger charge is -2.07. The van der Waals surface area contributed by atoms with Crippen LogP contribution >= 0.6 is 0 Å². The van der Waals surface area contributed by atoms with Crippen LogP contribution < -0.4 is 0 Å². The van der Waals surface area contributed by atoms with E-state index in [9.17, 15) is 9.59 Å². The van der Waals surface area contributed by atoms with Crippen LogP contribution in [0.25, 0.3) is 0 Å². The molecule has 0 spiro atoms. The average Bonchev–Trinajstić information content (AvgIpc) is 2.89. The van der Waals surface area contributed by atoms with E-state index in [2.05, 4.69) is 9.68 Å². The first-order valence-electron chi connectivity index (χ1n) is 5.35. The molecule has 1 aromatic carbocycles. The van der Waals surface area contributed by atoms with Crippen molar-refractivity contribution in [2.24, 2.45) is 0 Å². The number of ether oxygens (including phenoxy) is 1. The summed E-state index contributed by atoms with van der Waals surface area (Å²) in [6.45, 7) is 1.39. The summed E-state index contributed by atoms with van der Waals surface area (Å²) >= 11 is 0. The Morgan fingerprint density at radius 2 is 2.06 bits per heavy atom. The molecule has 1 aromatic heterocycles. The molecule has 0 aliphatic rings. The number of nitrogens with zero attached hydrogens (tertiary/aromatic N) is 1. The third-order valence-electron chi connectivity index (χ3n) is 2.36. The molecule has 0 aliphatic carbocycles. The van der Waals surface area contributed by atoms with E-state index in [1.54, 1.807) is 24.3 Å². The second kappa shape index (κ2) is 5.27. The lowest BCUT2D eigenvalue weighted by molar-refractivity contribution is -0.142. The van der Waals surface area contributed by atoms with Crippen molar-refractivity contribution in [2.75, 3.05) is 0 Å². The van der Waals surface area contributed by atoms with Crippen LogP contribution in [0.4, 0.5) is 0 Å². The third-order valence-corrected chi connectivity index (χ3v) is 2.36. The summed E-state index contributed by atoms with van der Waals surface area (Å²) in [6, 6.07) is 8.40. The molecular weight excluding hydrogens is 234 g/mol. The van der Waals surface area contributed by atoms with E-state index in [1.807, 2.05) is 0 Å². The fourth-order valence-corrected chi connectivity index (χ4v) is 1.51. The highest BCUT2D eigenvalue weighted by atomic mass is 16.5. The summed E-state index contributed by atoms with van der Waals surface area (Å²) in [5, 5.41) is 3.60. The monoisotopic (exact) mass is 245 g/mol. The van der Waals surface area contributed by atoms with Crippen molar-refractivity contribution in [3.05, 3.63) is 53.4 Å². The van der Waals surface area contributed by atoms with Gasteiger partial charge in [-0.2, -0.15) is 0 Å². The van der Waals surface area contributed by atoms with Crippen LogP contribution in [-0.2, 0) is 16.1 Å². The minimum atomic E-state index is -0.390. The Bertz CT molecular complexity index is 560. The lowest BCUT2D eigenvalue weighted by Crippen LogP contribution is -2.08. The predicted octanol–water partition coefficient (Wildman–Crippen LogP) is 1.97. The van der Waals surface area contributed by atoms with Gasteiger partial charge in [-0.25, -0.2) is 0 Å². The van der Waals surface area contributed by atoms with E-state index in [-0.39, 0.29) is 18.1 Å². The number of carbonyl (C=O) groups excluding carboxylic acids is 2. The van der Waals surface area contributed by atoms with Crippen molar-refractivity contribution < 1.29 is 18.8 Å². The highest BCUT2D eigenvalue weighted by Gasteiger charge is 2.16. The SMILES string of the molecule is CC(=O)OCc1ccccc1C(=O)c1ccon1. The summed E-state index contributed by atoms with van der Waals surface area (Å²) in [5.74, 6) is -0.648. The first kappa shape index (κ1) is 12.0. The first-order valence-corrected chi connectivity index (χ1v) is 5.35. The Labute approximate surface area is 103 Å². The number of aromatic nitrogens is 1. The maximum absolute atomic E-state index is 12.1. The van der Waals surface area contributed by atoms with Gasteiger partial charge < -0.3 is 9.26 Å². The van der Waals surface area contributed by atoms with E-state index in [0.29, 0.717) is 11.1 Å². The van der Waals surface area contributed by atoms with Crippen LogP contribution in [0.2, 0.25) is 0 Å². The number of rotatable bonds is 4. The number of ketones is 1. The molecule has 5 nitrogen and oxygen atoms in total. The topological polar surface area (TPSA) is 69.4 Å². The van der Waals surface area contributed by atoms with Crippen molar-refractivity contribution in [3.63, 3.8) is 0 Å². The van der Waals surface area contributed by atoms with Crippen LogP contribution in [0.5, 0.6) is 0 Å². The van der Waals surface area contributed by atoms with Crippen molar-refractivity contribution in [2.45, 2.75) is 13.5 Å². The van der Waals surface area contributed by atoms with Gasteiger partial charge in [0, 0.05) is 24.1 Å². The molecule has 18 heavy (non-hydrogen) atoms. The molecule has 1 heterocycles. The highest BCUT2D eigenvalue weighted by Crippen LogP contribution is 2.14. The van der Waals surface area contributed by atoms with Crippen LogP contribution in [0.15, 0.2) is 41.1 Å². The van der Waals surface area contributed by atoms with E-state index in [4.69, 9.17) is 4.74 Å². The van der Waals surface area contributed by atoms with Gasteiger partial charge in [0.25, 0.3) is 0 Å². The molecule has 0 unspecified atom stereocenters. The van der Waals surface area contributed by atoms with Crippen LogP contribution in [-0.4, -0.2) is 16.9 Å². The van der Waals surface area contributed by atoms with E-state index >= 15 is 0 Å². The number of carbonyl (C=O) groups is 2. The molecule has 0 saturated heterocycles. The number of esters is 1. The van der Waals surface area contributed by atoms with Crippen LogP contribution in [0, 0.1) is 0 Å². The Morgan fingerprint density at radius 1 is 1.28 bits per heavy atom. The summed E-state index contributed by atoms with van der Waals surface area (Å²) < 4.78 is 9.54. The molecule has 2 aromatic rings. The Kier molecular flexibility index (Phi) is 3.52. The largest absolute Gasteiger partial charge is 0.461 e. The quantitative estimate of drug-likeness (QED) is 0.608. The van der Waals surface area contributed by atoms with Gasteiger partial charge in [-0.1, -0.05) is 29.4 Å². The van der Waals surface area contributed by atoms with E-state index in [1.165, 1.54) is 19.3 Å². The van der Waals surface area contributed by atoms with E-state index in [0.717, 1.165) is 0 Å². The van der Waals surface area contributed by atoms with Gasteiger partial charge in [-0.05, 0) is 0 Å². The minimum Gasteiger partial charge on any atom is -0.461 e.